The van der Waals surface area contributed by atoms with Gasteiger partial charge in [0, 0.05) is 28.7 Å². The van der Waals surface area contributed by atoms with Crippen LogP contribution in [0.4, 0.5) is 4.79 Å². The zero-order valence-electron chi connectivity index (χ0n) is 11.4. The fourth-order valence-corrected chi connectivity index (χ4v) is 2.96. The standard InChI is InChI=1S/C14H15Cl2N3O2/c15-11-2-1-3-12(16)10(11)8-19-9-13(17-14(19)20)18-4-6-21-7-5-18/h1-3H,4-9H2. The Balaban J connectivity index is 1.70. The van der Waals surface area contributed by atoms with Gasteiger partial charge in [-0.2, -0.15) is 4.99 Å². The second-order valence-electron chi connectivity index (χ2n) is 4.97. The van der Waals surface area contributed by atoms with Crippen LogP contribution >= 0.6 is 23.2 Å². The summed E-state index contributed by atoms with van der Waals surface area (Å²) in [5.41, 5.74) is 0.757. The van der Waals surface area contributed by atoms with E-state index in [0.29, 0.717) is 36.3 Å². The van der Waals surface area contributed by atoms with E-state index in [1.54, 1.807) is 23.1 Å². The van der Waals surface area contributed by atoms with Gasteiger partial charge in [-0.1, -0.05) is 29.3 Å². The van der Waals surface area contributed by atoms with Crippen molar-refractivity contribution in [1.82, 2.24) is 9.80 Å². The minimum atomic E-state index is -0.243. The molecule has 1 aromatic carbocycles. The molecule has 7 heteroatoms. The van der Waals surface area contributed by atoms with Gasteiger partial charge in [0.05, 0.1) is 26.3 Å². The van der Waals surface area contributed by atoms with Gasteiger partial charge in [0.15, 0.2) is 0 Å². The number of benzene rings is 1. The summed E-state index contributed by atoms with van der Waals surface area (Å²) in [5.74, 6) is 0.798. The normalized spacial score (nSPS) is 19.1. The number of amides is 2. The first-order chi connectivity index (χ1) is 10.1. The number of aliphatic imine (C=N–C) groups is 1. The lowest BCUT2D eigenvalue weighted by Crippen LogP contribution is -2.42. The largest absolute Gasteiger partial charge is 0.378 e. The summed E-state index contributed by atoms with van der Waals surface area (Å²) < 4.78 is 5.31. The minimum absolute atomic E-state index is 0.243. The smallest absolute Gasteiger partial charge is 0.345 e. The van der Waals surface area contributed by atoms with E-state index in [1.165, 1.54) is 0 Å². The molecule has 5 nitrogen and oxygen atoms in total. The van der Waals surface area contributed by atoms with Gasteiger partial charge < -0.3 is 14.5 Å². The Bertz CT molecular complexity index is 565. The topological polar surface area (TPSA) is 45.1 Å². The highest BCUT2D eigenvalue weighted by atomic mass is 35.5. The highest BCUT2D eigenvalue weighted by Crippen LogP contribution is 2.26. The van der Waals surface area contributed by atoms with Crippen molar-refractivity contribution >= 4 is 35.1 Å². The van der Waals surface area contributed by atoms with Gasteiger partial charge >= 0.3 is 6.03 Å². The molecule has 3 rings (SSSR count). The van der Waals surface area contributed by atoms with Crippen LogP contribution in [0.15, 0.2) is 23.2 Å². The number of ether oxygens (including phenoxy) is 1. The number of nitrogens with zero attached hydrogens (tertiary/aromatic N) is 3. The summed E-state index contributed by atoms with van der Waals surface area (Å²) in [6, 6.07) is 5.09. The van der Waals surface area contributed by atoms with Crippen molar-refractivity contribution in [1.29, 1.82) is 0 Å². The molecule has 2 aliphatic rings. The molecule has 1 saturated heterocycles. The highest BCUT2D eigenvalue weighted by Gasteiger charge is 2.28. The van der Waals surface area contributed by atoms with Crippen LogP contribution in [-0.4, -0.2) is 54.5 Å². The van der Waals surface area contributed by atoms with Gasteiger partial charge in [0.2, 0.25) is 0 Å². The van der Waals surface area contributed by atoms with Crippen molar-refractivity contribution in [2.24, 2.45) is 4.99 Å². The summed E-state index contributed by atoms with van der Waals surface area (Å²) in [4.78, 5) is 19.9. The fraction of sp³-hybridized carbons (Fsp3) is 0.429. The van der Waals surface area contributed by atoms with Gasteiger partial charge in [-0.05, 0) is 12.1 Å². The molecule has 0 spiro atoms. The third kappa shape index (κ3) is 3.15. The van der Waals surface area contributed by atoms with Crippen molar-refractivity contribution in [3.05, 3.63) is 33.8 Å². The lowest BCUT2D eigenvalue weighted by Gasteiger charge is -2.28. The highest BCUT2D eigenvalue weighted by molar-refractivity contribution is 6.36. The Labute approximate surface area is 133 Å². The van der Waals surface area contributed by atoms with Crippen molar-refractivity contribution in [2.75, 3.05) is 32.8 Å². The van der Waals surface area contributed by atoms with Crippen molar-refractivity contribution in [2.45, 2.75) is 6.54 Å². The number of hydrogen-bond acceptors (Lipinski definition) is 3. The van der Waals surface area contributed by atoms with E-state index in [0.717, 1.165) is 24.5 Å². The molecule has 0 aromatic heterocycles. The van der Waals surface area contributed by atoms with Gasteiger partial charge in [0.1, 0.15) is 5.84 Å². The summed E-state index contributed by atoms with van der Waals surface area (Å²) in [5, 5.41) is 1.13. The van der Waals surface area contributed by atoms with E-state index in [-0.39, 0.29) is 6.03 Å². The Morgan fingerprint density at radius 2 is 1.86 bits per heavy atom. The molecule has 0 unspecified atom stereocenters. The Kier molecular flexibility index (Phi) is 4.33. The summed E-state index contributed by atoms with van der Waals surface area (Å²) >= 11 is 12.3. The van der Waals surface area contributed by atoms with Crippen LogP contribution in [0, 0.1) is 0 Å². The molecular formula is C14H15Cl2N3O2. The van der Waals surface area contributed by atoms with Gasteiger partial charge in [-0.25, -0.2) is 4.79 Å². The van der Waals surface area contributed by atoms with Gasteiger partial charge in [0.25, 0.3) is 0 Å². The van der Waals surface area contributed by atoms with Crippen LogP contribution in [0.1, 0.15) is 5.56 Å². The second kappa shape index (κ2) is 6.22. The number of morpholine rings is 1. The number of hydrogen-bond donors (Lipinski definition) is 0. The van der Waals surface area contributed by atoms with Crippen molar-refractivity contribution in [3.8, 4) is 0 Å². The number of rotatable bonds is 2. The Hall–Kier alpha value is -1.30. The molecular weight excluding hydrogens is 313 g/mol. The van der Waals surface area contributed by atoms with Crippen LogP contribution < -0.4 is 0 Å². The number of carbonyl (C=O) groups is 1. The second-order valence-corrected chi connectivity index (χ2v) is 5.78. The van der Waals surface area contributed by atoms with E-state index in [1.807, 2.05) is 0 Å². The van der Waals surface area contributed by atoms with E-state index < -0.39 is 0 Å². The molecule has 21 heavy (non-hydrogen) atoms. The fourth-order valence-electron chi connectivity index (χ4n) is 2.44. The summed E-state index contributed by atoms with van der Waals surface area (Å²) in [7, 11) is 0. The predicted octanol–water partition coefficient (Wildman–Crippen LogP) is 2.66. The lowest BCUT2D eigenvalue weighted by atomic mass is 10.2. The number of urea groups is 1. The Morgan fingerprint density at radius 3 is 2.52 bits per heavy atom. The maximum Gasteiger partial charge on any atom is 0.345 e. The zero-order valence-corrected chi connectivity index (χ0v) is 12.9. The molecule has 1 aromatic rings. The van der Waals surface area contributed by atoms with E-state index >= 15 is 0 Å². The van der Waals surface area contributed by atoms with Crippen LogP contribution in [0.25, 0.3) is 0 Å². The molecule has 2 amide bonds. The SMILES string of the molecule is O=C1N=C(N2CCOCC2)CN1Cc1c(Cl)cccc1Cl. The average Bonchev–Trinajstić information content (AvgIpc) is 2.85. The van der Waals surface area contributed by atoms with Crippen LogP contribution in [-0.2, 0) is 11.3 Å². The quantitative estimate of drug-likeness (QED) is 0.838. The first kappa shape index (κ1) is 14.6. The minimum Gasteiger partial charge on any atom is -0.378 e. The third-order valence-corrected chi connectivity index (χ3v) is 4.32. The molecule has 1 fully saturated rings. The first-order valence-electron chi connectivity index (χ1n) is 6.77. The molecule has 0 N–H and O–H groups in total. The van der Waals surface area contributed by atoms with Crippen LogP contribution in [0.3, 0.4) is 0 Å². The average molecular weight is 328 g/mol. The lowest BCUT2D eigenvalue weighted by molar-refractivity contribution is 0.0673. The van der Waals surface area contributed by atoms with Crippen molar-refractivity contribution < 1.29 is 9.53 Å². The molecule has 0 saturated carbocycles. The van der Waals surface area contributed by atoms with Gasteiger partial charge in [-0.15, -0.1) is 0 Å². The summed E-state index contributed by atoms with van der Waals surface area (Å²) in [6.45, 7) is 3.74. The van der Waals surface area contributed by atoms with Gasteiger partial charge in [-0.3, -0.25) is 0 Å². The van der Waals surface area contributed by atoms with Crippen LogP contribution in [0.2, 0.25) is 10.0 Å². The molecule has 0 atom stereocenters. The maximum absolute atomic E-state index is 12.0. The molecule has 0 aliphatic carbocycles. The van der Waals surface area contributed by atoms with Crippen molar-refractivity contribution in [3.63, 3.8) is 0 Å². The molecule has 112 valence electrons. The third-order valence-electron chi connectivity index (χ3n) is 3.61. The van der Waals surface area contributed by atoms with Crippen LogP contribution in [0.5, 0.6) is 0 Å². The van der Waals surface area contributed by atoms with E-state index in [9.17, 15) is 4.79 Å². The Morgan fingerprint density at radius 1 is 1.19 bits per heavy atom. The molecule has 0 radical (unpaired) electrons. The first-order valence-corrected chi connectivity index (χ1v) is 7.53. The zero-order chi connectivity index (χ0) is 14.8. The van der Waals surface area contributed by atoms with E-state index in [4.69, 9.17) is 27.9 Å². The predicted molar refractivity (Wildman–Crippen MR) is 82.1 cm³/mol. The monoisotopic (exact) mass is 327 g/mol. The number of halogens is 2. The molecule has 0 bridgehead atoms. The number of amidine groups is 1. The molecule has 2 aliphatic heterocycles. The molecule has 2 heterocycles. The number of carbonyl (C=O) groups excluding carboxylic acids is 1. The van der Waals surface area contributed by atoms with E-state index in [2.05, 4.69) is 9.89 Å². The summed E-state index contributed by atoms with van der Waals surface area (Å²) in [6.07, 6.45) is 0. The maximum atomic E-state index is 12.0.